The third-order valence-electron chi connectivity index (χ3n) is 2.65. The smallest absolute Gasteiger partial charge is 0.124 e. The van der Waals surface area contributed by atoms with Crippen LogP contribution in [0.3, 0.4) is 0 Å². The van der Waals surface area contributed by atoms with Gasteiger partial charge in [0.25, 0.3) is 0 Å². The number of ether oxygens (including phenoxy) is 1. The van der Waals surface area contributed by atoms with Gasteiger partial charge in [0.2, 0.25) is 0 Å². The first-order valence-corrected chi connectivity index (χ1v) is 5.60. The fourth-order valence-electron chi connectivity index (χ4n) is 1.75. The fourth-order valence-corrected chi connectivity index (χ4v) is 1.75. The zero-order chi connectivity index (χ0) is 12.1. The van der Waals surface area contributed by atoms with Crippen molar-refractivity contribution in [1.29, 1.82) is 0 Å². The summed E-state index contributed by atoms with van der Waals surface area (Å²) in [6.07, 6.45) is -0.194. The number of hydrogen-bond acceptors (Lipinski definition) is 3. The molecule has 0 radical (unpaired) electrons. The molecule has 0 bridgehead atoms. The van der Waals surface area contributed by atoms with Gasteiger partial charge in [0, 0.05) is 5.56 Å². The summed E-state index contributed by atoms with van der Waals surface area (Å²) in [5.41, 5.74) is 1.70. The maximum Gasteiger partial charge on any atom is 0.124 e. The second kappa shape index (κ2) is 5.87. The van der Waals surface area contributed by atoms with Gasteiger partial charge in [-0.3, -0.25) is 0 Å². The lowest BCUT2D eigenvalue weighted by Gasteiger charge is -2.20. The summed E-state index contributed by atoms with van der Waals surface area (Å²) < 4.78 is 5.18. The maximum atomic E-state index is 10.0. The zero-order valence-corrected chi connectivity index (χ0v) is 10.1. The number of methoxy groups -OCH3 is 1. The second-order valence-electron chi connectivity index (χ2n) is 4.05. The van der Waals surface area contributed by atoms with Crippen LogP contribution in [0.15, 0.2) is 18.2 Å². The topological polar surface area (TPSA) is 49.7 Å². The number of benzene rings is 1. The van der Waals surface area contributed by atoms with Gasteiger partial charge in [0.15, 0.2) is 0 Å². The van der Waals surface area contributed by atoms with Gasteiger partial charge in [-0.1, -0.05) is 25.0 Å². The van der Waals surface area contributed by atoms with Crippen molar-refractivity contribution >= 4 is 0 Å². The quantitative estimate of drug-likeness (QED) is 0.806. The summed E-state index contributed by atoms with van der Waals surface area (Å²) in [5.74, 6) is 0.619. The minimum absolute atomic E-state index is 0.582. The van der Waals surface area contributed by atoms with Crippen LogP contribution in [0.1, 0.15) is 37.0 Å². The van der Waals surface area contributed by atoms with Crippen LogP contribution in [0.5, 0.6) is 5.75 Å². The van der Waals surface area contributed by atoms with Crippen LogP contribution in [-0.4, -0.2) is 23.4 Å². The van der Waals surface area contributed by atoms with E-state index in [0.29, 0.717) is 17.7 Å². The Morgan fingerprint density at radius 2 is 2.00 bits per heavy atom. The molecule has 0 aliphatic heterocycles. The summed E-state index contributed by atoms with van der Waals surface area (Å²) >= 11 is 0. The van der Waals surface area contributed by atoms with E-state index < -0.39 is 12.2 Å². The van der Waals surface area contributed by atoms with Crippen LogP contribution in [0.4, 0.5) is 0 Å². The highest BCUT2D eigenvalue weighted by Crippen LogP contribution is 2.29. The van der Waals surface area contributed by atoms with E-state index in [2.05, 4.69) is 0 Å². The SMILES string of the molecule is CCCC(O)C(O)c1cc(C)ccc1OC. The molecule has 0 aliphatic rings. The first-order chi connectivity index (χ1) is 7.60. The Morgan fingerprint density at radius 1 is 1.31 bits per heavy atom. The summed E-state index contributed by atoms with van der Waals surface area (Å²) in [5, 5.41) is 19.8. The van der Waals surface area contributed by atoms with Gasteiger partial charge in [-0.05, 0) is 25.5 Å². The molecule has 0 aromatic heterocycles. The Kier molecular flexibility index (Phi) is 4.77. The van der Waals surface area contributed by atoms with Gasteiger partial charge >= 0.3 is 0 Å². The molecule has 3 nitrogen and oxygen atoms in total. The van der Waals surface area contributed by atoms with Crippen molar-refractivity contribution in [1.82, 2.24) is 0 Å². The Morgan fingerprint density at radius 3 is 2.56 bits per heavy atom. The molecule has 0 amide bonds. The van der Waals surface area contributed by atoms with E-state index in [-0.39, 0.29) is 0 Å². The Balaban J connectivity index is 2.96. The maximum absolute atomic E-state index is 10.0. The molecule has 1 rings (SSSR count). The van der Waals surface area contributed by atoms with Crippen molar-refractivity contribution in [2.75, 3.05) is 7.11 Å². The van der Waals surface area contributed by atoms with Gasteiger partial charge in [-0.2, -0.15) is 0 Å². The Labute approximate surface area is 96.7 Å². The third kappa shape index (κ3) is 2.97. The summed E-state index contributed by atoms with van der Waals surface area (Å²) in [4.78, 5) is 0. The lowest BCUT2D eigenvalue weighted by atomic mass is 9.98. The van der Waals surface area contributed by atoms with Crippen molar-refractivity contribution in [2.45, 2.75) is 38.9 Å². The summed E-state index contributed by atoms with van der Waals surface area (Å²) in [7, 11) is 1.56. The van der Waals surface area contributed by atoms with Crippen LogP contribution in [-0.2, 0) is 0 Å². The van der Waals surface area contributed by atoms with Crippen LogP contribution >= 0.6 is 0 Å². The predicted molar refractivity (Wildman–Crippen MR) is 63.6 cm³/mol. The van der Waals surface area contributed by atoms with Gasteiger partial charge in [-0.15, -0.1) is 0 Å². The Hall–Kier alpha value is -1.06. The fraction of sp³-hybridized carbons (Fsp3) is 0.538. The van der Waals surface area contributed by atoms with E-state index >= 15 is 0 Å². The molecular weight excluding hydrogens is 204 g/mol. The first-order valence-electron chi connectivity index (χ1n) is 5.60. The van der Waals surface area contributed by atoms with Crippen molar-refractivity contribution in [3.8, 4) is 5.75 Å². The summed E-state index contributed by atoms with van der Waals surface area (Å²) in [6.45, 7) is 3.92. The van der Waals surface area contributed by atoms with Crippen molar-refractivity contribution in [3.63, 3.8) is 0 Å². The molecule has 0 fully saturated rings. The number of hydrogen-bond donors (Lipinski definition) is 2. The van der Waals surface area contributed by atoms with Gasteiger partial charge in [-0.25, -0.2) is 0 Å². The number of rotatable bonds is 5. The minimum Gasteiger partial charge on any atom is -0.496 e. The van der Waals surface area contributed by atoms with Gasteiger partial charge in [0.1, 0.15) is 11.9 Å². The second-order valence-corrected chi connectivity index (χ2v) is 4.05. The molecule has 2 atom stereocenters. The highest BCUT2D eigenvalue weighted by atomic mass is 16.5. The normalized spacial score (nSPS) is 14.6. The molecule has 0 heterocycles. The first kappa shape index (κ1) is 13.0. The average molecular weight is 224 g/mol. The molecule has 1 aromatic rings. The molecule has 90 valence electrons. The van der Waals surface area contributed by atoms with E-state index in [1.54, 1.807) is 7.11 Å². The van der Waals surface area contributed by atoms with Crippen LogP contribution in [0.25, 0.3) is 0 Å². The van der Waals surface area contributed by atoms with Crippen molar-refractivity contribution < 1.29 is 14.9 Å². The third-order valence-corrected chi connectivity index (χ3v) is 2.65. The van der Waals surface area contributed by atoms with Crippen molar-refractivity contribution in [3.05, 3.63) is 29.3 Å². The zero-order valence-electron chi connectivity index (χ0n) is 10.1. The number of aryl methyl sites for hydroxylation is 1. The highest BCUT2D eigenvalue weighted by molar-refractivity contribution is 5.38. The van der Waals surface area contributed by atoms with E-state index in [1.807, 2.05) is 32.0 Å². The Bertz CT molecular complexity index is 336. The lowest BCUT2D eigenvalue weighted by Crippen LogP contribution is -2.18. The molecule has 0 saturated heterocycles. The van der Waals surface area contributed by atoms with E-state index in [1.165, 1.54) is 0 Å². The number of aliphatic hydroxyl groups excluding tert-OH is 2. The molecule has 0 spiro atoms. The van der Waals surface area contributed by atoms with Crippen molar-refractivity contribution in [2.24, 2.45) is 0 Å². The van der Waals surface area contributed by atoms with Crippen LogP contribution in [0, 0.1) is 6.92 Å². The minimum atomic E-state index is -0.880. The van der Waals surface area contributed by atoms with Crippen LogP contribution < -0.4 is 4.74 Å². The average Bonchev–Trinajstić information content (AvgIpc) is 2.28. The molecular formula is C13H20O3. The molecule has 2 N–H and O–H groups in total. The lowest BCUT2D eigenvalue weighted by molar-refractivity contribution is 0.0118. The molecule has 16 heavy (non-hydrogen) atoms. The van der Waals surface area contributed by atoms with E-state index in [0.717, 1.165) is 12.0 Å². The standard InChI is InChI=1S/C13H20O3/c1-4-5-11(14)13(15)10-8-9(2)6-7-12(10)16-3/h6-8,11,13-15H,4-5H2,1-3H3. The van der Waals surface area contributed by atoms with E-state index in [9.17, 15) is 10.2 Å². The largest absolute Gasteiger partial charge is 0.496 e. The molecule has 1 aromatic carbocycles. The number of aliphatic hydroxyl groups is 2. The van der Waals surface area contributed by atoms with E-state index in [4.69, 9.17) is 4.74 Å². The highest BCUT2D eigenvalue weighted by Gasteiger charge is 2.20. The van der Waals surface area contributed by atoms with Gasteiger partial charge in [0.05, 0.1) is 13.2 Å². The molecule has 3 heteroatoms. The monoisotopic (exact) mass is 224 g/mol. The predicted octanol–water partition coefficient (Wildman–Crippen LogP) is 2.20. The summed E-state index contributed by atoms with van der Waals surface area (Å²) in [6, 6.07) is 5.58. The molecule has 2 unspecified atom stereocenters. The molecule has 0 aliphatic carbocycles. The van der Waals surface area contributed by atoms with Crippen LogP contribution in [0.2, 0.25) is 0 Å². The molecule has 0 saturated carbocycles. The van der Waals surface area contributed by atoms with Gasteiger partial charge < -0.3 is 14.9 Å².